The summed E-state index contributed by atoms with van der Waals surface area (Å²) in [4.78, 5) is 80.1. The van der Waals surface area contributed by atoms with Gasteiger partial charge in [0.25, 0.3) is 5.91 Å². The van der Waals surface area contributed by atoms with Crippen molar-refractivity contribution in [2.45, 2.75) is 98.5 Å². The lowest BCUT2D eigenvalue weighted by molar-refractivity contribution is -0.150. The van der Waals surface area contributed by atoms with Crippen molar-refractivity contribution in [3.05, 3.63) is 35.9 Å². The van der Waals surface area contributed by atoms with E-state index in [9.17, 15) is 28.8 Å². The van der Waals surface area contributed by atoms with Gasteiger partial charge in [0.1, 0.15) is 24.7 Å². The van der Waals surface area contributed by atoms with Gasteiger partial charge in [0.15, 0.2) is 0 Å². The number of ether oxygens (including phenoxy) is 1. The molecule has 5 N–H and O–H groups in total. The SMILES string of the molecule is CC(C)[C@H](NC(=O)N[C@H](C(=O)OCc1ccccc1)C(C)(C)C)C(=O)N1C[C@H]2[C@@H]([C@H]1C(=O)NC(CC1CC1)C(=O)C(N)=O)C2(C)C. The van der Waals surface area contributed by atoms with Gasteiger partial charge in [0.2, 0.25) is 17.6 Å². The second-order valence-electron chi connectivity index (χ2n) is 15.1. The van der Waals surface area contributed by atoms with E-state index in [2.05, 4.69) is 16.0 Å². The maximum absolute atomic E-state index is 14.1. The fourth-order valence-corrected chi connectivity index (χ4v) is 6.61. The third-order valence-corrected chi connectivity index (χ3v) is 9.72. The average molecular weight is 640 g/mol. The average Bonchev–Trinajstić information content (AvgIpc) is 3.83. The topological polar surface area (TPSA) is 177 Å². The number of primary amides is 1. The van der Waals surface area contributed by atoms with Crippen molar-refractivity contribution in [2.75, 3.05) is 6.54 Å². The van der Waals surface area contributed by atoms with Crippen LogP contribution < -0.4 is 21.7 Å². The highest BCUT2D eigenvalue weighted by atomic mass is 16.5. The van der Waals surface area contributed by atoms with Crippen molar-refractivity contribution in [2.24, 2.45) is 40.2 Å². The molecule has 3 fully saturated rings. The Balaban J connectivity index is 1.46. The monoisotopic (exact) mass is 639 g/mol. The molecule has 3 aliphatic rings. The molecule has 1 unspecified atom stereocenters. The number of carbonyl (C=O) groups is 6. The number of piperidine rings is 1. The number of esters is 1. The first-order valence-electron chi connectivity index (χ1n) is 16.2. The number of rotatable bonds is 13. The Hall–Kier alpha value is -3.96. The zero-order valence-corrected chi connectivity index (χ0v) is 27.9. The lowest BCUT2D eigenvalue weighted by Gasteiger charge is -2.35. The molecule has 1 aromatic carbocycles. The second kappa shape index (κ2) is 13.4. The van der Waals surface area contributed by atoms with Gasteiger partial charge in [-0.25, -0.2) is 9.59 Å². The highest BCUT2D eigenvalue weighted by molar-refractivity contribution is 6.37. The Labute approximate surface area is 270 Å². The Morgan fingerprint density at radius 3 is 2.17 bits per heavy atom. The van der Waals surface area contributed by atoms with Crippen LogP contribution in [0.15, 0.2) is 30.3 Å². The molecule has 0 bridgehead atoms. The molecule has 4 rings (SSSR count). The fraction of sp³-hybridized carbons (Fsp3) is 0.647. The molecule has 12 heteroatoms. The molecule has 0 aromatic heterocycles. The number of Topliss-reactive ketones (excluding diaryl/α,β-unsaturated/α-hetero) is 1. The number of likely N-dealkylation sites (tertiary alicyclic amines) is 1. The molecule has 0 radical (unpaired) electrons. The van der Waals surface area contributed by atoms with E-state index < -0.39 is 65.1 Å². The lowest BCUT2D eigenvalue weighted by atomic mass is 9.87. The quantitative estimate of drug-likeness (QED) is 0.189. The van der Waals surface area contributed by atoms with Gasteiger partial charge in [-0.05, 0) is 46.5 Å². The summed E-state index contributed by atoms with van der Waals surface area (Å²) in [6.45, 7) is 13.4. The normalized spacial score (nSPS) is 23.4. The van der Waals surface area contributed by atoms with E-state index >= 15 is 0 Å². The molecule has 12 nitrogen and oxygen atoms in total. The Kier molecular flexibility index (Phi) is 10.2. The summed E-state index contributed by atoms with van der Waals surface area (Å²) in [7, 11) is 0. The van der Waals surface area contributed by atoms with Crippen LogP contribution in [0.1, 0.15) is 73.3 Å². The number of amides is 5. The van der Waals surface area contributed by atoms with E-state index in [1.807, 2.05) is 44.2 Å². The molecule has 1 saturated heterocycles. The number of urea groups is 1. The number of benzene rings is 1. The van der Waals surface area contributed by atoms with Crippen LogP contribution >= 0.6 is 0 Å². The molecular weight excluding hydrogens is 590 g/mol. The summed E-state index contributed by atoms with van der Waals surface area (Å²) in [5.41, 5.74) is 5.19. The minimum Gasteiger partial charge on any atom is -0.459 e. The van der Waals surface area contributed by atoms with Crippen LogP contribution in [0.5, 0.6) is 0 Å². The predicted molar refractivity (Wildman–Crippen MR) is 170 cm³/mol. The lowest BCUT2D eigenvalue weighted by Crippen LogP contribution is -2.61. The molecule has 1 aromatic rings. The maximum atomic E-state index is 14.1. The van der Waals surface area contributed by atoms with Crippen LogP contribution in [0.25, 0.3) is 0 Å². The standard InChI is InChI=1S/C34H49N5O7/c1-18(2)24(37-32(45)38-27(33(3,4)5)31(44)46-17-20-11-9-8-10-12-20)30(43)39-16-21-23(34(21,6)7)25(39)29(42)36-22(15-19-13-14-19)26(40)28(35)41/h8-12,18-19,21-25,27H,13-17H2,1-7H3,(H2,35,41)(H,36,42)(H2,37,38,45)/t21-,22?,23-,24-,25-,27+/m0/s1. The van der Waals surface area contributed by atoms with Crippen molar-refractivity contribution < 1.29 is 33.5 Å². The summed E-state index contributed by atoms with van der Waals surface area (Å²) >= 11 is 0. The largest absolute Gasteiger partial charge is 0.459 e. The molecule has 5 amide bonds. The third-order valence-electron chi connectivity index (χ3n) is 9.72. The number of nitrogens with one attached hydrogen (secondary N) is 3. The van der Waals surface area contributed by atoms with Crippen molar-refractivity contribution in [1.82, 2.24) is 20.9 Å². The predicted octanol–water partition coefficient (Wildman–Crippen LogP) is 2.29. The Morgan fingerprint density at radius 2 is 1.63 bits per heavy atom. The Bertz CT molecular complexity index is 1350. The molecular formula is C34H49N5O7. The van der Waals surface area contributed by atoms with E-state index in [4.69, 9.17) is 10.5 Å². The van der Waals surface area contributed by atoms with E-state index in [0.717, 1.165) is 18.4 Å². The number of fused-ring (bicyclic) bond motifs is 1. The van der Waals surface area contributed by atoms with Crippen LogP contribution in [-0.2, 0) is 35.3 Å². The van der Waals surface area contributed by atoms with Crippen LogP contribution in [0.3, 0.4) is 0 Å². The van der Waals surface area contributed by atoms with Gasteiger partial charge in [-0.15, -0.1) is 0 Å². The van der Waals surface area contributed by atoms with Crippen molar-refractivity contribution in [1.29, 1.82) is 0 Å². The molecule has 46 heavy (non-hydrogen) atoms. The molecule has 0 spiro atoms. The smallest absolute Gasteiger partial charge is 0.329 e. The van der Waals surface area contributed by atoms with Crippen LogP contribution in [0, 0.1) is 34.5 Å². The van der Waals surface area contributed by atoms with Crippen molar-refractivity contribution >= 4 is 35.5 Å². The first kappa shape index (κ1) is 34.9. The van der Waals surface area contributed by atoms with Crippen LogP contribution in [0.2, 0.25) is 0 Å². The maximum Gasteiger partial charge on any atom is 0.329 e. The van der Waals surface area contributed by atoms with Gasteiger partial charge < -0.3 is 31.3 Å². The number of ketones is 1. The van der Waals surface area contributed by atoms with Crippen molar-refractivity contribution in [3.63, 3.8) is 0 Å². The van der Waals surface area contributed by atoms with Gasteiger partial charge in [-0.2, -0.15) is 0 Å². The second-order valence-corrected chi connectivity index (χ2v) is 15.1. The third kappa shape index (κ3) is 7.87. The van der Waals surface area contributed by atoms with Gasteiger partial charge in [-0.3, -0.25) is 19.2 Å². The van der Waals surface area contributed by atoms with Crippen LogP contribution in [-0.4, -0.2) is 71.1 Å². The zero-order valence-electron chi connectivity index (χ0n) is 27.9. The number of hydrogen-bond acceptors (Lipinski definition) is 7. The first-order valence-corrected chi connectivity index (χ1v) is 16.2. The number of carbonyl (C=O) groups excluding carboxylic acids is 6. The molecule has 252 valence electrons. The van der Waals surface area contributed by atoms with Crippen molar-refractivity contribution in [3.8, 4) is 0 Å². The molecule has 6 atom stereocenters. The summed E-state index contributed by atoms with van der Waals surface area (Å²) in [5.74, 6) is -3.71. The molecule has 2 saturated carbocycles. The fourth-order valence-electron chi connectivity index (χ4n) is 6.61. The van der Waals surface area contributed by atoms with Gasteiger partial charge in [-0.1, -0.05) is 91.6 Å². The summed E-state index contributed by atoms with van der Waals surface area (Å²) < 4.78 is 5.51. The van der Waals surface area contributed by atoms with Crippen LogP contribution in [0.4, 0.5) is 4.79 Å². The van der Waals surface area contributed by atoms with Gasteiger partial charge in [0.05, 0.1) is 6.04 Å². The Morgan fingerprint density at radius 1 is 1.00 bits per heavy atom. The number of nitrogens with zero attached hydrogens (tertiary/aromatic N) is 1. The molecule has 1 aliphatic heterocycles. The van der Waals surface area contributed by atoms with E-state index in [0.29, 0.717) is 13.0 Å². The zero-order chi connectivity index (χ0) is 34.1. The van der Waals surface area contributed by atoms with E-state index in [-0.39, 0.29) is 35.7 Å². The first-order chi connectivity index (χ1) is 21.4. The summed E-state index contributed by atoms with van der Waals surface area (Å²) in [5, 5.41) is 8.20. The van der Waals surface area contributed by atoms with Gasteiger partial charge in [0, 0.05) is 6.54 Å². The minimum atomic E-state index is -1.11. The number of hydrogen-bond donors (Lipinski definition) is 4. The highest BCUT2D eigenvalue weighted by Gasteiger charge is 2.69. The minimum absolute atomic E-state index is 0.0479. The van der Waals surface area contributed by atoms with Gasteiger partial charge >= 0.3 is 12.0 Å². The van der Waals surface area contributed by atoms with E-state index in [1.54, 1.807) is 34.6 Å². The van der Waals surface area contributed by atoms with E-state index in [1.165, 1.54) is 4.90 Å². The molecule has 1 heterocycles. The highest BCUT2D eigenvalue weighted by Crippen LogP contribution is 2.65. The summed E-state index contributed by atoms with van der Waals surface area (Å²) in [6, 6.07) is 4.54. The number of nitrogens with two attached hydrogens (primary N) is 1. The molecule has 2 aliphatic carbocycles. The summed E-state index contributed by atoms with van der Waals surface area (Å²) in [6.07, 6.45) is 2.15.